The van der Waals surface area contributed by atoms with Gasteiger partial charge in [0.05, 0.1) is 12.2 Å². The molecule has 7 nitrogen and oxygen atoms in total. The fourth-order valence-corrected chi connectivity index (χ4v) is 4.51. The van der Waals surface area contributed by atoms with Crippen LogP contribution in [-0.2, 0) is 16.8 Å². The van der Waals surface area contributed by atoms with E-state index in [1.54, 1.807) is 13.8 Å². The Morgan fingerprint density at radius 2 is 1.74 bits per heavy atom. The van der Waals surface area contributed by atoms with E-state index in [0.717, 1.165) is 29.7 Å². The first-order valence-electron chi connectivity index (χ1n) is 12.6. The van der Waals surface area contributed by atoms with E-state index in [1.165, 1.54) is 5.56 Å². The van der Waals surface area contributed by atoms with Crippen LogP contribution in [-0.4, -0.2) is 45.4 Å². The predicted octanol–water partition coefficient (Wildman–Crippen LogP) is 5.06. The van der Waals surface area contributed by atoms with Crippen molar-refractivity contribution in [3.05, 3.63) is 52.8 Å². The maximum atomic E-state index is 12.9. The number of aryl methyl sites for hydroxylation is 2. The van der Waals surface area contributed by atoms with Crippen LogP contribution in [0.1, 0.15) is 93.9 Å². The highest BCUT2D eigenvalue weighted by Gasteiger charge is 2.33. The Kier molecular flexibility index (Phi) is 9.95. The smallest absolute Gasteiger partial charge is 0.303 e. The maximum absolute atomic E-state index is 12.9. The second-order valence-electron chi connectivity index (χ2n) is 9.86. The third-order valence-electron chi connectivity index (χ3n) is 6.68. The molecular formula is C28H42N2O5. The van der Waals surface area contributed by atoms with Crippen molar-refractivity contribution in [2.24, 2.45) is 0 Å². The largest absolute Gasteiger partial charge is 0.493 e. The molecule has 35 heavy (non-hydrogen) atoms. The maximum Gasteiger partial charge on any atom is 0.303 e. The first-order valence-corrected chi connectivity index (χ1v) is 12.6. The Bertz CT molecular complexity index is 999. The summed E-state index contributed by atoms with van der Waals surface area (Å²) in [7, 11) is 0. The number of aliphatic hydroxyl groups is 1. The molecule has 3 N–H and O–H groups in total. The van der Waals surface area contributed by atoms with E-state index < -0.39 is 11.6 Å². The van der Waals surface area contributed by atoms with Crippen LogP contribution in [0.2, 0.25) is 0 Å². The summed E-state index contributed by atoms with van der Waals surface area (Å²) in [4.78, 5) is 23.6. The number of benzene rings is 1. The Labute approximate surface area is 209 Å². The van der Waals surface area contributed by atoms with Gasteiger partial charge in [-0.05, 0) is 82.2 Å². The van der Waals surface area contributed by atoms with Gasteiger partial charge in [0, 0.05) is 31.1 Å². The summed E-state index contributed by atoms with van der Waals surface area (Å²) in [5.74, 6) is -0.164. The van der Waals surface area contributed by atoms with E-state index in [-0.39, 0.29) is 24.3 Å². The van der Waals surface area contributed by atoms with Crippen LogP contribution in [0.5, 0.6) is 5.75 Å². The molecule has 1 heterocycles. The third kappa shape index (κ3) is 7.34. The minimum atomic E-state index is -0.976. The number of rotatable bonds is 14. The second-order valence-corrected chi connectivity index (χ2v) is 9.86. The standard InChI is InChI=1S/C28H42N2O5/c1-7-28(8-2,21-13-14-24(20(4)16-21)35-15-11-10-12-25(31)32)22-17-23(30(9-3)18-22)26(33)29-19-27(5,6)34/h13-14,16-18,34H,7-12,15,19H2,1-6H3,(H,29,33)(H,31,32). The number of nitrogens with one attached hydrogen (secondary N) is 1. The number of nitrogens with zero attached hydrogens (tertiary/aromatic N) is 1. The lowest BCUT2D eigenvalue weighted by molar-refractivity contribution is -0.137. The number of aliphatic carboxylic acids is 1. The highest BCUT2D eigenvalue weighted by molar-refractivity contribution is 5.93. The monoisotopic (exact) mass is 486 g/mol. The molecule has 0 saturated heterocycles. The lowest BCUT2D eigenvalue weighted by Crippen LogP contribution is -2.38. The van der Waals surface area contributed by atoms with Gasteiger partial charge in [-0.15, -0.1) is 0 Å². The van der Waals surface area contributed by atoms with Crippen LogP contribution < -0.4 is 10.1 Å². The normalized spacial score (nSPS) is 12.0. The van der Waals surface area contributed by atoms with Crippen molar-refractivity contribution in [1.82, 2.24) is 9.88 Å². The number of carbonyl (C=O) groups is 2. The number of carboxylic acids is 1. The zero-order valence-electron chi connectivity index (χ0n) is 22.1. The lowest BCUT2D eigenvalue weighted by Gasteiger charge is -2.32. The van der Waals surface area contributed by atoms with Gasteiger partial charge in [0.15, 0.2) is 0 Å². The quantitative estimate of drug-likeness (QED) is 0.324. The molecule has 194 valence electrons. The van der Waals surface area contributed by atoms with E-state index in [1.807, 2.05) is 30.5 Å². The summed E-state index contributed by atoms with van der Waals surface area (Å²) in [6.07, 6.45) is 5.28. The minimum absolute atomic E-state index is 0.159. The van der Waals surface area contributed by atoms with Gasteiger partial charge < -0.3 is 24.8 Å². The Morgan fingerprint density at radius 1 is 1.06 bits per heavy atom. The number of amides is 1. The summed E-state index contributed by atoms with van der Waals surface area (Å²) < 4.78 is 7.88. The third-order valence-corrected chi connectivity index (χ3v) is 6.68. The summed E-state index contributed by atoms with van der Waals surface area (Å²) in [6.45, 7) is 13.1. The lowest BCUT2D eigenvalue weighted by atomic mass is 9.71. The number of hydrogen-bond donors (Lipinski definition) is 3. The number of carboxylic acid groups (broad SMARTS) is 1. The van der Waals surface area contributed by atoms with Crippen molar-refractivity contribution in [2.75, 3.05) is 13.2 Å². The second kappa shape index (κ2) is 12.2. The number of unbranched alkanes of at least 4 members (excludes halogenated alkanes) is 1. The molecular weight excluding hydrogens is 444 g/mol. The van der Waals surface area contributed by atoms with Gasteiger partial charge in [0.25, 0.3) is 5.91 Å². The highest BCUT2D eigenvalue weighted by atomic mass is 16.5. The number of hydrogen-bond acceptors (Lipinski definition) is 4. The topological polar surface area (TPSA) is 101 Å². The van der Waals surface area contributed by atoms with E-state index in [0.29, 0.717) is 31.7 Å². The average Bonchev–Trinajstić information content (AvgIpc) is 3.24. The van der Waals surface area contributed by atoms with E-state index >= 15 is 0 Å². The van der Waals surface area contributed by atoms with Crippen LogP contribution in [0.3, 0.4) is 0 Å². The van der Waals surface area contributed by atoms with E-state index in [9.17, 15) is 14.7 Å². The Balaban J connectivity index is 2.30. The summed E-state index contributed by atoms with van der Waals surface area (Å²) in [5.41, 5.74) is 2.67. The number of aromatic nitrogens is 1. The van der Waals surface area contributed by atoms with E-state index in [4.69, 9.17) is 9.84 Å². The molecule has 1 amide bonds. The zero-order valence-corrected chi connectivity index (χ0v) is 22.1. The molecule has 0 radical (unpaired) electrons. The molecule has 0 aliphatic heterocycles. The van der Waals surface area contributed by atoms with Crippen LogP contribution in [0.4, 0.5) is 0 Å². The van der Waals surface area contributed by atoms with Crippen molar-refractivity contribution in [3.8, 4) is 5.75 Å². The van der Waals surface area contributed by atoms with Gasteiger partial charge in [-0.2, -0.15) is 0 Å². The first kappa shape index (κ1) is 28.4. The van der Waals surface area contributed by atoms with Crippen molar-refractivity contribution in [3.63, 3.8) is 0 Å². The molecule has 0 aliphatic rings. The molecule has 0 aliphatic carbocycles. The Hall–Kier alpha value is -2.80. The molecule has 0 unspecified atom stereocenters. The van der Waals surface area contributed by atoms with Crippen molar-refractivity contribution >= 4 is 11.9 Å². The molecule has 0 bridgehead atoms. The summed E-state index contributed by atoms with van der Waals surface area (Å²) in [5, 5.41) is 21.6. The number of ether oxygens (including phenoxy) is 1. The van der Waals surface area contributed by atoms with Gasteiger partial charge in [-0.3, -0.25) is 9.59 Å². The van der Waals surface area contributed by atoms with Crippen molar-refractivity contribution < 1.29 is 24.5 Å². The molecule has 7 heteroatoms. The van der Waals surface area contributed by atoms with Crippen LogP contribution >= 0.6 is 0 Å². The molecule has 2 rings (SSSR count). The molecule has 1 aromatic carbocycles. The minimum Gasteiger partial charge on any atom is -0.493 e. The summed E-state index contributed by atoms with van der Waals surface area (Å²) >= 11 is 0. The molecule has 0 spiro atoms. The molecule has 1 aromatic heterocycles. The zero-order chi connectivity index (χ0) is 26.2. The van der Waals surface area contributed by atoms with E-state index in [2.05, 4.69) is 37.5 Å². The van der Waals surface area contributed by atoms with Gasteiger partial charge in [-0.1, -0.05) is 26.0 Å². The predicted molar refractivity (Wildman–Crippen MR) is 138 cm³/mol. The fourth-order valence-electron chi connectivity index (χ4n) is 4.51. The molecule has 2 aromatic rings. The fraction of sp³-hybridized carbons (Fsp3) is 0.571. The Morgan fingerprint density at radius 3 is 2.29 bits per heavy atom. The van der Waals surface area contributed by atoms with Crippen LogP contribution in [0, 0.1) is 6.92 Å². The SMILES string of the molecule is CCn1cc(C(CC)(CC)c2ccc(OCCCCC(=O)O)c(C)c2)cc1C(=O)NCC(C)(C)O. The number of carbonyl (C=O) groups excluding carboxylic acids is 1. The van der Waals surface area contributed by atoms with Gasteiger partial charge >= 0.3 is 5.97 Å². The molecule has 0 saturated carbocycles. The van der Waals surface area contributed by atoms with Crippen molar-refractivity contribution in [2.45, 2.75) is 91.2 Å². The van der Waals surface area contributed by atoms with Gasteiger partial charge in [-0.25, -0.2) is 0 Å². The molecule has 0 atom stereocenters. The van der Waals surface area contributed by atoms with Gasteiger partial charge in [0.2, 0.25) is 0 Å². The van der Waals surface area contributed by atoms with Crippen LogP contribution in [0.25, 0.3) is 0 Å². The molecule has 0 fully saturated rings. The first-order chi connectivity index (χ1) is 16.5. The summed E-state index contributed by atoms with van der Waals surface area (Å²) in [6, 6.07) is 8.24. The highest BCUT2D eigenvalue weighted by Crippen LogP contribution is 2.41. The van der Waals surface area contributed by atoms with Gasteiger partial charge in [0.1, 0.15) is 11.4 Å². The van der Waals surface area contributed by atoms with Crippen molar-refractivity contribution in [1.29, 1.82) is 0 Å². The van der Waals surface area contributed by atoms with Crippen LogP contribution in [0.15, 0.2) is 30.5 Å². The average molecular weight is 487 g/mol.